The Balaban J connectivity index is 2.58. The van der Waals surface area contributed by atoms with Crippen molar-refractivity contribution in [3.8, 4) is 0 Å². The van der Waals surface area contributed by atoms with Gasteiger partial charge in [-0.15, -0.1) is 13.2 Å². The predicted molar refractivity (Wildman–Crippen MR) is 135 cm³/mol. The van der Waals surface area contributed by atoms with Crippen LogP contribution in [-0.4, -0.2) is 72.2 Å². The number of amides is 2. The number of aliphatic hydroxyl groups excluding tert-OH is 1. The Bertz CT molecular complexity index is 1120. The molecule has 1 aliphatic carbocycles. The Hall–Kier alpha value is -3.67. The molecule has 12 heteroatoms. The molecule has 0 unspecified atom stereocenters. The first-order valence-corrected chi connectivity index (χ1v) is 11.9. The lowest BCUT2D eigenvalue weighted by Crippen LogP contribution is -2.32. The van der Waals surface area contributed by atoms with Crippen LogP contribution in [0.15, 0.2) is 59.9 Å². The summed E-state index contributed by atoms with van der Waals surface area (Å²) in [5.41, 5.74) is 1.13. The zero-order valence-corrected chi connectivity index (χ0v) is 21.4. The molecule has 2 rings (SSSR count). The fourth-order valence-electron chi connectivity index (χ4n) is 3.72. The molecule has 0 aromatic carbocycles. The van der Waals surface area contributed by atoms with Crippen molar-refractivity contribution in [3.05, 3.63) is 71.5 Å². The molecule has 1 aromatic rings. The van der Waals surface area contributed by atoms with Crippen LogP contribution in [0, 0.1) is 0 Å². The van der Waals surface area contributed by atoms with Gasteiger partial charge in [0.1, 0.15) is 18.3 Å². The number of ether oxygens (including phenoxy) is 1. The molecule has 0 aliphatic heterocycles. The van der Waals surface area contributed by atoms with Gasteiger partial charge in [-0.05, 0) is 42.6 Å². The van der Waals surface area contributed by atoms with Crippen LogP contribution in [0.25, 0.3) is 0 Å². The van der Waals surface area contributed by atoms with Gasteiger partial charge in [-0.25, -0.2) is 9.37 Å². The highest BCUT2D eigenvalue weighted by Crippen LogP contribution is 2.27. The van der Waals surface area contributed by atoms with Crippen LogP contribution < -0.4 is 4.90 Å². The number of aliphatic hydroxyl groups is 1. The molecule has 208 valence electrons. The summed E-state index contributed by atoms with van der Waals surface area (Å²) >= 11 is 0. The summed E-state index contributed by atoms with van der Waals surface area (Å²) in [6, 6.07) is 0. The first-order valence-electron chi connectivity index (χ1n) is 11.9. The van der Waals surface area contributed by atoms with Gasteiger partial charge < -0.3 is 24.2 Å². The van der Waals surface area contributed by atoms with Crippen LogP contribution in [0.1, 0.15) is 35.6 Å². The largest absolute Gasteiger partial charge is 0.573 e. The Morgan fingerprint density at radius 3 is 2.63 bits per heavy atom. The van der Waals surface area contributed by atoms with Crippen molar-refractivity contribution < 1.29 is 37.0 Å². The molecule has 0 saturated heterocycles. The number of alkyl halides is 4. The number of carbonyl (C=O) groups excluding carboxylic acids is 2. The van der Waals surface area contributed by atoms with E-state index in [4.69, 9.17) is 0 Å². The molecule has 0 radical (unpaired) electrons. The number of carbonyl (C=O) groups is 2. The van der Waals surface area contributed by atoms with Gasteiger partial charge >= 0.3 is 6.36 Å². The summed E-state index contributed by atoms with van der Waals surface area (Å²) in [5.74, 6) is -0.775. The summed E-state index contributed by atoms with van der Waals surface area (Å²) in [6.07, 6.45) is 6.02. The van der Waals surface area contributed by atoms with Crippen LogP contribution in [0.3, 0.4) is 0 Å². The lowest BCUT2D eigenvalue weighted by Gasteiger charge is -2.21. The lowest BCUT2D eigenvalue weighted by molar-refractivity contribution is -0.303. The highest BCUT2D eigenvalue weighted by atomic mass is 19.4. The van der Waals surface area contributed by atoms with Gasteiger partial charge in [-0.3, -0.25) is 9.59 Å². The Labute approximate surface area is 218 Å². The molecule has 0 atom stereocenters. The molecule has 1 aromatic heterocycles. The number of rotatable bonds is 14. The van der Waals surface area contributed by atoms with Gasteiger partial charge in [0.25, 0.3) is 5.91 Å². The molecule has 0 saturated carbocycles. The maximum absolute atomic E-state index is 13.5. The summed E-state index contributed by atoms with van der Waals surface area (Å²) in [5, 5.41) is 9.17. The molecule has 0 bridgehead atoms. The zero-order valence-electron chi connectivity index (χ0n) is 21.4. The number of anilines is 1. The quantitative estimate of drug-likeness (QED) is 0.165. The molecule has 1 heterocycles. The predicted octanol–water partition coefficient (Wildman–Crippen LogP) is 4.25. The fourth-order valence-corrected chi connectivity index (χ4v) is 3.72. The van der Waals surface area contributed by atoms with Gasteiger partial charge in [0, 0.05) is 40.2 Å². The number of imidazole rings is 1. The minimum Gasteiger partial charge on any atom is -0.406 e. The van der Waals surface area contributed by atoms with E-state index in [-0.39, 0.29) is 49.0 Å². The molecule has 0 spiro atoms. The van der Waals surface area contributed by atoms with Crippen molar-refractivity contribution >= 4 is 18.1 Å². The Morgan fingerprint density at radius 2 is 2.05 bits per heavy atom. The molecule has 8 nitrogen and oxygen atoms in total. The number of hydrogen-bond donors (Lipinski definition) is 1. The summed E-state index contributed by atoms with van der Waals surface area (Å²) < 4.78 is 56.6. The van der Waals surface area contributed by atoms with E-state index >= 15 is 0 Å². The van der Waals surface area contributed by atoms with Gasteiger partial charge in [0.05, 0.1) is 0 Å². The lowest BCUT2D eigenvalue weighted by atomic mass is 10.1. The third kappa shape index (κ3) is 9.02. The van der Waals surface area contributed by atoms with Crippen molar-refractivity contribution in [2.45, 2.75) is 38.6 Å². The van der Waals surface area contributed by atoms with Crippen molar-refractivity contribution in [1.29, 1.82) is 0 Å². The smallest absolute Gasteiger partial charge is 0.406 e. The van der Waals surface area contributed by atoms with Crippen LogP contribution >= 0.6 is 0 Å². The third-order valence-corrected chi connectivity index (χ3v) is 5.47. The fraction of sp³-hybridized carbons (Fsp3) is 0.423. The van der Waals surface area contributed by atoms with Crippen LogP contribution in [0.5, 0.6) is 0 Å². The second kappa shape index (κ2) is 14.3. The molecule has 0 fully saturated rings. The normalized spacial score (nSPS) is 14.0. The monoisotopic (exact) mass is 540 g/mol. The van der Waals surface area contributed by atoms with E-state index in [1.165, 1.54) is 11.9 Å². The molecular formula is C26H32F4N4O4. The van der Waals surface area contributed by atoms with E-state index in [2.05, 4.69) is 16.3 Å². The number of halogens is 4. The number of hydrogen-bond acceptors (Lipinski definition) is 5. The van der Waals surface area contributed by atoms with E-state index in [1.807, 2.05) is 18.2 Å². The van der Waals surface area contributed by atoms with Crippen LogP contribution in [0.2, 0.25) is 0 Å². The van der Waals surface area contributed by atoms with Gasteiger partial charge in [0.15, 0.2) is 11.5 Å². The van der Waals surface area contributed by atoms with Crippen molar-refractivity contribution in [2.75, 3.05) is 38.8 Å². The highest BCUT2D eigenvalue weighted by Gasteiger charge is 2.32. The first-order chi connectivity index (χ1) is 18.0. The van der Waals surface area contributed by atoms with Gasteiger partial charge in [-0.1, -0.05) is 30.9 Å². The standard InChI is InChI=1S/C26H32F4N4O4/c1-19(15-21(11-7-12-27)38-26(28,29)30)16-22-31-24(33(3)18-36)23(25(37)32(2)13-8-14-35)34(22)17-20-9-5-4-6-10-20/h5,7,9-11,15,18,35H,1,4,6,8,12-14,16-17H2,2-3H3/b11-7-,21-15+. The van der Waals surface area contributed by atoms with Crippen molar-refractivity contribution in [3.63, 3.8) is 0 Å². The zero-order chi connectivity index (χ0) is 28.3. The maximum Gasteiger partial charge on any atom is 0.573 e. The van der Waals surface area contributed by atoms with Crippen molar-refractivity contribution in [1.82, 2.24) is 14.5 Å². The molecule has 1 N–H and O–H groups in total. The maximum atomic E-state index is 13.5. The Kier molecular flexibility index (Phi) is 11.5. The average molecular weight is 541 g/mol. The minimum absolute atomic E-state index is 0.0668. The molecule has 1 aliphatic rings. The van der Waals surface area contributed by atoms with E-state index in [0.717, 1.165) is 41.5 Å². The van der Waals surface area contributed by atoms with Gasteiger partial charge in [-0.2, -0.15) is 0 Å². The number of aromatic nitrogens is 2. The summed E-state index contributed by atoms with van der Waals surface area (Å²) in [4.78, 5) is 32.2. The van der Waals surface area contributed by atoms with E-state index < -0.39 is 24.7 Å². The van der Waals surface area contributed by atoms with Crippen LogP contribution in [0.4, 0.5) is 23.4 Å². The van der Waals surface area contributed by atoms with Crippen LogP contribution in [-0.2, 0) is 22.5 Å². The second-order valence-corrected chi connectivity index (χ2v) is 8.55. The summed E-state index contributed by atoms with van der Waals surface area (Å²) in [6.45, 7) is 3.15. The van der Waals surface area contributed by atoms with E-state index in [0.29, 0.717) is 12.8 Å². The SMILES string of the molecule is C=C(/C=C(\C=C/CF)OC(F)(F)F)Cc1nc(N(C)C=O)c(C(=O)N(C)CCCO)n1CC1=CCCC=C1. The number of nitrogens with zero attached hydrogens (tertiary/aromatic N) is 4. The summed E-state index contributed by atoms with van der Waals surface area (Å²) in [7, 11) is 2.98. The first kappa shape index (κ1) is 30.6. The molecule has 38 heavy (non-hydrogen) atoms. The topological polar surface area (TPSA) is 87.9 Å². The molecule has 2 amide bonds. The van der Waals surface area contributed by atoms with Gasteiger partial charge in [0.2, 0.25) is 6.41 Å². The number of allylic oxidation sites excluding steroid dienone is 8. The second-order valence-electron chi connectivity index (χ2n) is 8.55. The average Bonchev–Trinajstić information content (AvgIpc) is 3.21. The minimum atomic E-state index is -5.00. The van der Waals surface area contributed by atoms with E-state index in [1.54, 1.807) is 11.6 Å². The van der Waals surface area contributed by atoms with Crippen molar-refractivity contribution in [2.24, 2.45) is 0 Å². The highest BCUT2D eigenvalue weighted by molar-refractivity contribution is 5.99. The third-order valence-electron chi connectivity index (χ3n) is 5.47. The molecular weight excluding hydrogens is 508 g/mol. The van der Waals surface area contributed by atoms with E-state index in [9.17, 15) is 32.3 Å². The Morgan fingerprint density at radius 1 is 1.32 bits per heavy atom.